The van der Waals surface area contributed by atoms with Crippen molar-refractivity contribution in [3.63, 3.8) is 0 Å². The Morgan fingerprint density at radius 1 is 1.45 bits per heavy atom. The van der Waals surface area contributed by atoms with Gasteiger partial charge in [0, 0.05) is 12.4 Å². The average Bonchev–Trinajstić information content (AvgIpc) is 2.35. The smallest absolute Gasteiger partial charge is 0.110 e. The molecule has 0 aliphatic carbocycles. The second kappa shape index (κ2) is 2.30. The molecule has 0 bridgehead atoms. The second-order valence-electron chi connectivity index (χ2n) is 2.39. The maximum atomic E-state index is 4.11. The molecule has 0 radical (unpaired) electrons. The summed E-state index contributed by atoms with van der Waals surface area (Å²) < 4.78 is 0.892. The van der Waals surface area contributed by atoms with Gasteiger partial charge in [-0.05, 0) is 28.4 Å². The topological polar surface area (TPSA) is 41.6 Å². The molecule has 0 aliphatic heterocycles. The minimum Gasteiger partial charge on any atom is -0.270 e. The zero-order valence-corrected chi connectivity index (χ0v) is 7.51. The lowest BCUT2D eigenvalue weighted by Crippen LogP contribution is -1.77. The highest BCUT2D eigenvalue weighted by Gasteiger charge is 2.03. The fourth-order valence-electron chi connectivity index (χ4n) is 1.03. The van der Waals surface area contributed by atoms with Crippen molar-refractivity contribution in [3.05, 3.63) is 22.6 Å². The van der Waals surface area contributed by atoms with Crippen LogP contribution in [0.25, 0.3) is 10.9 Å². The number of fused-ring (bicyclic) bond motifs is 1. The monoisotopic (exact) mass is 211 g/mol. The van der Waals surface area contributed by atoms with E-state index in [0.717, 1.165) is 21.1 Å². The molecule has 2 rings (SSSR count). The number of halogens is 1. The molecule has 0 aromatic carbocycles. The van der Waals surface area contributed by atoms with Crippen molar-refractivity contribution in [3.8, 4) is 0 Å². The van der Waals surface area contributed by atoms with Crippen LogP contribution in [0.4, 0.5) is 0 Å². The zero-order valence-electron chi connectivity index (χ0n) is 5.93. The van der Waals surface area contributed by atoms with E-state index >= 15 is 0 Å². The van der Waals surface area contributed by atoms with Crippen LogP contribution in [0.3, 0.4) is 0 Å². The molecule has 2 aromatic rings. The lowest BCUT2D eigenvalue weighted by Gasteiger charge is -1.90. The van der Waals surface area contributed by atoms with Crippen molar-refractivity contribution in [1.29, 1.82) is 0 Å². The number of aromatic nitrogens is 3. The van der Waals surface area contributed by atoms with E-state index in [0.29, 0.717) is 0 Å². The SMILES string of the molecule is Cc1cncc2c(Br)[nH]nc12. The first-order valence-electron chi connectivity index (χ1n) is 3.23. The Morgan fingerprint density at radius 2 is 2.27 bits per heavy atom. The molecule has 0 amide bonds. The van der Waals surface area contributed by atoms with Crippen molar-refractivity contribution in [2.75, 3.05) is 0 Å². The predicted molar refractivity (Wildman–Crippen MR) is 46.3 cm³/mol. The van der Waals surface area contributed by atoms with Gasteiger partial charge >= 0.3 is 0 Å². The molecule has 0 atom stereocenters. The first-order valence-corrected chi connectivity index (χ1v) is 4.02. The van der Waals surface area contributed by atoms with Crippen molar-refractivity contribution < 1.29 is 0 Å². The number of nitrogens with one attached hydrogen (secondary N) is 1. The Hall–Kier alpha value is -0.900. The molecule has 0 spiro atoms. The van der Waals surface area contributed by atoms with Crippen LogP contribution >= 0.6 is 15.9 Å². The fraction of sp³-hybridized carbons (Fsp3) is 0.143. The molecule has 0 saturated carbocycles. The fourth-order valence-corrected chi connectivity index (χ4v) is 1.41. The largest absolute Gasteiger partial charge is 0.270 e. The standard InChI is InChI=1S/C7H6BrN3/c1-4-2-9-3-5-6(4)10-11-7(5)8/h2-3H,1H3,(H,10,11). The Labute approximate surface area is 72.0 Å². The first kappa shape index (κ1) is 6.79. The molecule has 1 N–H and O–H groups in total. The zero-order chi connectivity index (χ0) is 7.84. The van der Waals surface area contributed by atoms with E-state index in [1.807, 2.05) is 6.92 Å². The molecule has 2 heterocycles. The summed E-state index contributed by atoms with van der Waals surface area (Å²) in [4.78, 5) is 4.06. The highest BCUT2D eigenvalue weighted by molar-refractivity contribution is 9.10. The van der Waals surface area contributed by atoms with Gasteiger partial charge in [-0.25, -0.2) is 0 Å². The summed E-state index contributed by atoms with van der Waals surface area (Å²) in [5.41, 5.74) is 2.07. The molecular weight excluding hydrogens is 206 g/mol. The van der Waals surface area contributed by atoms with E-state index < -0.39 is 0 Å². The molecule has 0 saturated heterocycles. The summed E-state index contributed by atoms with van der Waals surface area (Å²) in [6, 6.07) is 0. The molecule has 11 heavy (non-hydrogen) atoms. The third-order valence-electron chi connectivity index (χ3n) is 1.60. The summed E-state index contributed by atoms with van der Waals surface area (Å²) >= 11 is 3.34. The Bertz CT molecular complexity index is 393. The van der Waals surface area contributed by atoms with Gasteiger partial charge in [-0.1, -0.05) is 0 Å². The second-order valence-corrected chi connectivity index (χ2v) is 3.18. The third kappa shape index (κ3) is 0.939. The van der Waals surface area contributed by atoms with E-state index in [1.54, 1.807) is 12.4 Å². The number of aryl methyl sites for hydroxylation is 1. The van der Waals surface area contributed by atoms with Gasteiger partial charge < -0.3 is 0 Å². The number of aromatic amines is 1. The molecule has 4 heteroatoms. The van der Waals surface area contributed by atoms with Gasteiger partial charge in [0.25, 0.3) is 0 Å². The normalized spacial score (nSPS) is 10.7. The average molecular weight is 212 g/mol. The van der Waals surface area contributed by atoms with Gasteiger partial charge in [-0.15, -0.1) is 0 Å². The van der Waals surface area contributed by atoms with Gasteiger partial charge in [-0.3, -0.25) is 10.1 Å². The molecule has 0 unspecified atom stereocenters. The Kier molecular flexibility index (Phi) is 1.42. The molecule has 0 fully saturated rings. The third-order valence-corrected chi connectivity index (χ3v) is 2.21. The van der Waals surface area contributed by atoms with Gasteiger partial charge in [0.2, 0.25) is 0 Å². The van der Waals surface area contributed by atoms with E-state index in [9.17, 15) is 0 Å². The van der Waals surface area contributed by atoms with Crippen molar-refractivity contribution >= 4 is 26.8 Å². The lowest BCUT2D eigenvalue weighted by molar-refractivity contribution is 1.09. The number of nitrogens with zero attached hydrogens (tertiary/aromatic N) is 2. The van der Waals surface area contributed by atoms with Crippen LogP contribution in [0, 0.1) is 6.92 Å². The van der Waals surface area contributed by atoms with Crippen molar-refractivity contribution in [1.82, 2.24) is 15.2 Å². The van der Waals surface area contributed by atoms with E-state index in [4.69, 9.17) is 0 Å². The number of H-pyrrole nitrogens is 1. The lowest BCUT2D eigenvalue weighted by atomic mass is 10.2. The van der Waals surface area contributed by atoms with E-state index in [-0.39, 0.29) is 0 Å². The van der Waals surface area contributed by atoms with Crippen LogP contribution in [-0.2, 0) is 0 Å². The van der Waals surface area contributed by atoms with Gasteiger partial charge in [0.15, 0.2) is 0 Å². The van der Waals surface area contributed by atoms with E-state index in [2.05, 4.69) is 31.1 Å². The Morgan fingerprint density at radius 3 is 3.00 bits per heavy atom. The van der Waals surface area contributed by atoms with Crippen LogP contribution in [0.1, 0.15) is 5.56 Å². The van der Waals surface area contributed by atoms with Gasteiger partial charge in [0.1, 0.15) is 4.60 Å². The summed E-state index contributed by atoms with van der Waals surface area (Å²) in [6.45, 7) is 1.99. The van der Waals surface area contributed by atoms with Crippen LogP contribution < -0.4 is 0 Å². The maximum absolute atomic E-state index is 4.11. The minimum atomic E-state index is 0.892. The minimum absolute atomic E-state index is 0.892. The number of pyridine rings is 1. The van der Waals surface area contributed by atoms with Crippen LogP contribution in [0.2, 0.25) is 0 Å². The quantitative estimate of drug-likeness (QED) is 0.725. The maximum Gasteiger partial charge on any atom is 0.110 e. The Balaban J connectivity index is 2.94. The predicted octanol–water partition coefficient (Wildman–Crippen LogP) is 2.03. The first-order chi connectivity index (χ1) is 5.29. The highest BCUT2D eigenvalue weighted by atomic mass is 79.9. The van der Waals surface area contributed by atoms with Crippen molar-refractivity contribution in [2.45, 2.75) is 6.92 Å². The summed E-state index contributed by atoms with van der Waals surface area (Å²) in [6.07, 6.45) is 3.59. The molecule has 3 nitrogen and oxygen atoms in total. The summed E-state index contributed by atoms with van der Waals surface area (Å²) in [7, 11) is 0. The number of hydrogen-bond donors (Lipinski definition) is 1. The summed E-state index contributed by atoms with van der Waals surface area (Å²) in [5.74, 6) is 0. The van der Waals surface area contributed by atoms with Crippen LogP contribution in [0.15, 0.2) is 17.0 Å². The van der Waals surface area contributed by atoms with Gasteiger partial charge in [0.05, 0.1) is 10.9 Å². The van der Waals surface area contributed by atoms with Crippen LogP contribution in [-0.4, -0.2) is 15.2 Å². The van der Waals surface area contributed by atoms with Crippen molar-refractivity contribution in [2.24, 2.45) is 0 Å². The molecular formula is C7H6BrN3. The molecule has 2 aromatic heterocycles. The molecule has 56 valence electrons. The summed E-state index contributed by atoms with van der Waals surface area (Å²) in [5, 5.41) is 7.98. The van der Waals surface area contributed by atoms with Crippen LogP contribution in [0.5, 0.6) is 0 Å². The van der Waals surface area contributed by atoms with Gasteiger partial charge in [-0.2, -0.15) is 5.10 Å². The highest BCUT2D eigenvalue weighted by Crippen LogP contribution is 2.21. The number of rotatable bonds is 0. The van der Waals surface area contributed by atoms with E-state index in [1.165, 1.54) is 0 Å². The molecule has 0 aliphatic rings. The number of hydrogen-bond acceptors (Lipinski definition) is 2.